The summed E-state index contributed by atoms with van der Waals surface area (Å²) >= 11 is 1.60. The van der Waals surface area contributed by atoms with Crippen molar-refractivity contribution in [3.05, 3.63) is 17.3 Å². The van der Waals surface area contributed by atoms with Gasteiger partial charge in [0.1, 0.15) is 0 Å². The van der Waals surface area contributed by atoms with Crippen molar-refractivity contribution >= 4 is 33.3 Å². The lowest BCUT2D eigenvalue weighted by molar-refractivity contribution is 0.0587. The number of hydrogen-bond acceptors (Lipinski definition) is 6. The molecule has 3 heterocycles. The second kappa shape index (κ2) is 3.96. The lowest BCUT2D eigenvalue weighted by Gasteiger charge is -2.32. The van der Waals surface area contributed by atoms with Gasteiger partial charge in [-0.3, -0.25) is 0 Å². The number of anilines is 1. The molecule has 2 aromatic heterocycles. The Bertz CT molecular complexity index is 577. The van der Waals surface area contributed by atoms with Gasteiger partial charge in [0.2, 0.25) is 5.82 Å². The molecule has 1 saturated heterocycles. The summed E-state index contributed by atoms with van der Waals surface area (Å²) in [7, 11) is 1.34. The standard InChI is InChI=1S/C11H11N3O2S/c1-16-11(15)9-12-7-3-6-17-8(7)10(13-9)14-4-2-5-14/h3,6H,2,4-5H2,1H3. The van der Waals surface area contributed by atoms with Gasteiger partial charge in [0.15, 0.2) is 5.82 Å². The normalized spacial score (nSPS) is 14.8. The molecule has 0 bridgehead atoms. The summed E-state index contributed by atoms with van der Waals surface area (Å²) in [5.41, 5.74) is 0.812. The lowest BCUT2D eigenvalue weighted by Crippen LogP contribution is -2.38. The van der Waals surface area contributed by atoms with E-state index in [-0.39, 0.29) is 5.82 Å². The molecular weight excluding hydrogens is 238 g/mol. The number of rotatable bonds is 2. The van der Waals surface area contributed by atoms with Crippen molar-refractivity contribution in [3.8, 4) is 0 Å². The van der Waals surface area contributed by atoms with E-state index in [2.05, 4.69) is 19.6 Å². The average Bonchev–Trinajstić information content (AvgIpc) is 2.73. The van der Waals surface area contributed by atoms with Crippen LogP contribution in [0.2, 0.25) is 0 Å². The smallest absolute Gasteiger partial charge is 0.376 e. The van der Waals surface area contributed by atoms with Gasteiger partial charge in [-0.05, 0) is 17.9 Å². The Hall–Kier alpha value is -1.69. The Morgan fingerprint density at radius 1 is 1.47 bits per heavy atom. The van der Waals surface area contributed by atoms with Crippen LogP contribution in [0.4, 0.5) is 5.82 Å². The molecule has 1 aliphatic heterocycles. The van der Waals surface area contributed by atoms with Crippen molar-refractivity contribution < 1.29 is 9.53 Å². The molecule has 0 aliphatic carbocycles. The highest BCUT2D eigenvalue weighted by Crippen LogP contribution is 2.31. The predicted molar refractivity (Wildman–Crippen MR) is 65.6 cm³/mol. The van der Waals surface area contributed by atoms with E-state index >= 15 is 0 Å². The molecule has 6 heteroatoms. The Balaban J connectivity index is 2.16. The zero-order chi connectivity index (χ0) is 11.8. The predicted octanol–water partition coefficient (Wildman–Crippen LogP) is 1.69. The summed E-state index contributed by atoms with van der Waals surface area (Å²) in [6.07, 6.45) is 1.17. The molecule has 88 valence electrons. The number of fused-ring (bicyclic) bond motifs is 1. The largest absolute Gasteiger partial charge is 0.463 e. The summed E-state index contributed by atoms with van der Waals surface area (Å²) < 4.78 is 5.71. The molecule has 0 radical (unpaired) electrons. The van der Waals surface area contributed by atoms with Gasteiger partial charge in [0, 0.05) is 13.1 Å². The van der Waals surface area contributed by atoms with Gasteiger partial charge in [-0.1, -0.05) is 0 Å². The second-order valence-electron chi connectivity index (χ2n) is 3.84. The number of methoxy groups -OCH3 is 1. The molecule has 1 aliphatic rings. The van der Waals surface area contributed by atoms with Gasteiger partial charge in [-0.15, -0.1) is 11.3 Å². The van der Waals surface area contributed by atoms with Crippen LogP contribution in [0.15, 0.2) is 11.4 Å². The molecule has 1 fully saturated rings. The molecule has 5 nitrogen and oxygen atoms in total. The first-order valence-electron chi connectivity index (χ1n) is 5.38. The Morgan fingerprint density at radius 2 is 2.29 bits per heavy atom. The van der Waals surface area contributed by atoms with Crippen LogP contribution < -0.4 is 4.90 Å². The maximum Gasteiger partial charge on any atom is 0.376 e. The Kier molecular flexibility index (Phi) is 2.44. The highest BCUT2D eigenvalue weighted by molar-refractivity contribution is 7.17. The van der Waals surface area contributed by atoms with Crippen LogP contribution >= 0.6 is 11.3 Å². The first-order valence-corrected chi connectivity index (χ1v) is 6.26. The van der Waals surface area contributed by atoms with Crippen molar-refractivity contribution in [3.63, 3.8) is 0 Å². The van der Waals surface area contributed by atoms with E-state index in [1.54, 1.807) is 11.3 Å². The molecule has 17 heavy (non-hydrogen) atoms. The molecule has 2 aromatic rings. The van der Waals surface area contributed by atoms with Crippen LogP contribution in [0.5, 0.6) is 0 Å². The van der Waals surface area contributed by atoms with Crippen LogP contribution in [-0.4, -0.2) is 36.1 Å². The van der Waals surface area contributed by atoms with E-state index in [4.69, 9.17) is 0 Å². The zero-order valence-electron chi connectivity index (χ0n) is 9.34. The Morgan fingerprint density at radius 3 is 2.94 bits per heavy atom. The van der Waals surface area contributed by atoms with Gasteiger partial charge < -0.3 is 9.64 Å². The number of ether oxygens (including phenoxy) is 1. The fourth-order valence-corrected chi connectivity index (χ4v) is 2.62. The first-order chi connectivity index (χ1) is 8.29. The van der Waals surface area contributed by atoms with E-state index in [1.165, 1.54) is 13.5 Å². The third kappa shape index (κ3) is 1.64. The second-order valence-corrected chi connectivity index (χ2v) is 4.75. The van der Waals surface area contributed by atoms with Gasteiger partial charge in [-0.25, -0.2) is 14.8 Å². The molecule has 0 N–H and O–H groups in total. The van der Waals surface area contributed by atoms with Crippen LogP contribution in [0, 0.1) is 0 Å². The molecule has 0 spiro atoms. The fraction of sp³-hybridized carbons (Fsp3) is 0.364. The number of esters is 1. The SMILES string of the molecule is COC(=O)c1nc(N2CCC2)c2sccc2n1. The molecule has 0 unspecified atom stereocenters. The van der Waals surface area contributed by atoms with Gasteiger partial charge in [-0.2, -0.15) is 0 Å². The maximum absolute atomic E-state index is 11.5. The summed E-state index contributed by atoms with van der Waals surface area (Å²) in [4.78, 5) is 22.2. The van der Waals surface area contributed by atoms with Crippen LogP contribution in [0.3, 0.4) is 0 Å². The lowest BCUT2D eigenvalue weighted by atomic mass is 10.2. The quantitative estimate of drug-likeness (QED) is 0.758. The summed E-state index contributed by atoms with van der Waals surface area (Å²) in [6, 6.07) is 1.90. The van der Waals surface area contributed by atoms with Crippen LogP contribution in [-0.2, 0) is 4.74 Å². The topological polar surface area (TPSA) is 55.3 Å². The molecule has 3 rings (SSSR count). The fourth-order valence-electron chi connectivity index (χ4n) is 1.77. The van der Waals surface area contributed by atoms with Crippen LogP contribution in [0.25, 0.3) is 10.2 Å². The van der Waals surface area contributed by atoms with E-state index < -0.39 is 5.97 Å². The minimum atomic E-state index is -0.486. The molecular formula is C11H11N3O2S. The molecule has 0 aromatic carbocycles. The first kappa shape index (κ1) is 10.5. The molecule has 0 amide bonds. The number of thiophene rings is 1. The highest BCUT2D eigenvalue weighted by atomic mass is 32.1. The molecule has 0 atom stereocenters. The minimum absolute atomic E-state index is 0.139. The number of carbonyl (C=O) groups is 1. The van der Waals surface area contributed by atoms with Crippen molar-refractivity contribution in [2.45, 2.75) is 6.42 Å². The number of carbonyl (C=O) groups excluding carboxylic acids is 1. The zero-order valence-corrected chi connectivity index (χ0v) is 10.2. The third-order valence-corrected chi connectivity index (χ3v) is 3.71. The monoisotopic (exact) mass is 249 g/mol. The molecule has 0 saturated carbocycles. The third-order valence-electron chi connectivity index (χ3n) is 2.81. The van der Waals surface area contributed by atoms with E-state index in [1.807, 2.05) is 11.4 Å². The van der Waals surface area contributed by atoms with Gasteiger partial charge in [0.05, 0.1) is 17.3 Å². The highest BCUT2D eigenvalue weighted by Gasteiger charge is 2.22. The number of nitrogens with zero attached hydrogens (tertiary/aromatic N) is 3. The van der Waals surface area contributed by atoms with Crippen molar-refractivity contribution in [2.24, 2.45) is 0 Å². The average molecular weight is 249 g/mol. The van der Waals surface area contributed by atoms with E-state index in [0.29, 0.717) is 0 Å². The van der Waals surface area contributed by atoms with Gasteiger partial charge >= 0.3 is 5.97 Å². The minimum Gasteiger partial charge on any atom is -0.463 e. The number of aromatic nitrogens is 2. The van der Waals surface area contributed by atoms with Crippen molar-refractivity contribution in [1.29, 1.82) is 0 Å². The summed E-state index contributed by atoms with van der Waals surface area (Å²) in [6.45, 7) is 1.98. The summed E-state index contributed by atoms with van der Waals surface area (Å²) in [5, 5.41) is 1.96. The van der Waals surface area contributed by atoms with Crippen molar-refractivity contribution in [1.82, 2.24) is 9.97 Å². The van der Waals surface area contributed by atoms with E-state index in [9.17, 15) is 4.79 Å². The van der Waals surface area contributed by atoms with Crippen molar-refractivity contribution in [2.75, 3.05) is 25.1 Å². The maximum atomic E-state index is 11.5. The number of hydrogen-bond donors (Lipinski definition) is 0. The van der Waals surface area contributed by atoms with Gasteiger partial charge in [0.25, 0.3) is 0 Å². The Labute approximate surface area is 102 Å². The van der Waals surface area contributed by atoms with Crippen LogP contribution in [0.1, 0.15) is 17.0 Å². The van der Waals surface area contributed by atoms with E-state index in [0.717, 1.165) is 29.1 Å². The summed E-state index contributed by atoms with van der Waals surface area (Å²) in [5.74, 6) is 0.511.